The molecule has 0 rings (SSSR count). The highest BCUT2D eigenvalue weighted by molar-refractivity contribution is 5.70. The summed E-state index contributed by atoms with van der Waals surface area (Å²) < 4.78 is 22.9. The minimum absolute atomic E-state index is 0.152. The summed E-state index contributed by atoms with van der Waals surface area (Å²) in [5, 5.41) is 11.8. The number of aliphatic carboxylic acids is 1. The fraction of sp³-hybridized carbons (Fsp3) is 0.915. The fourth-order valence-corrected chi connectivity index (χ4v) is 12.5. The number of carbonyl (C=O) groups excluding carboxylic acids is 3. The molecule has 0 amide bonds. The number of likely N-dealkylation sites (N-methyl/N-ethyl adjacent to an activating group) is 1. The first-order valence-corrected chi connectivity index (χ1v) is 40.5. The summed E-state index contributed by atoms with van der Waals surface area (Å²) in [6.45, 7) is 4.83. The highest BCUT2D eigenvalue weighted by Gasteiger charge is 2.22. The van der Waals surface area contributed by atoms with Crippen molar-refractivity contribution in [1.82, 2.24) is 0 Å². The van der Waals surface area contributed by atoms with Crippen LogP contribution in [0.2, 0.25) is 0 Å². The third-order valence-electron chi connectivity index (χ3n) is 18.7. The van der Waals surface area contributed by atoms with E-state index in [-0.39, 0.29) is 32.2 Å². The summed E-state index contributed by atoms with van der Waals surface area (Å²) in [7, 11) is 5.95. The molecule has 0 aromatic carbocycles. The lowest BCUT2D eigenvalue weighted by Crippen LogP contribution is -2.44. The number of hydrogen-bond donors (Lipinski definition) is 0. The van der Waals surface area contributed by atoms with E-state index in [0.29, 0.717) is 17.4 Å². The lowest BCUT2D eigenvalue weighted by molar-refractivity contribution is -0.870. The molecular formula is C82H157NO8. The minimum Gasteiger partial charge on any atom is -0.545 e. The molecule has 2 unspecified atom stereocenters. The molecule has 0 aliphatic carbocycles. The third kappa shape index (κ3) is 75.0. The van der Waals surface area contributed by atoms with Gasteiger partial charge >= 0.3 is 11.9 Å². The van der Waals surface area contributed by atoms with Gasteiger partial charge in [-0.05, 0) is 64.2 Å². The van der Waals surface area contributed by atoms with Gasteiger partial charge in [0.05, 0.1) is 40.3 Å². The van der Waals surface area contributed by atoms with Crippen LogP contribution in [0, 0.1) is 0 Å². The number of carbonyl (C=O) groups is 3. The highest BCUT2D eigenvalue weighted by Crippen LogP contribution is 2.20. The van der Waals surface area contributed by atoms with Gasteiger partial charge in [0.1, 0.15) is 13.2 Å². The van der Waals surface area contributed by atoms with Crippen molar-refractivity contribution in [3.63, 3.8) is 0 Å². The summed E-state index contributed by atoms with van der Waals surface area (Å²) in [4.78, 5) is 37.6. The van der Waals surface area contributed by atoms with Crippen LogP contribution in [0.25, 0.3) is 0 Å². The van der Waals surface area contributed by atoms with Crippen molar-refractivity contribution < 1.29 is 42.9 Å². The number of hydrogen-bond acceptors (Lipinski definition) is 8. The van der Waals surface area contributed by atoms with Crippen molar-refractivity contribution in [3.05, 3.63) is 24.3 Å². The van der Waals surface area contributed by atoms with Gasteiger partial charge in [-0.15, -0.1) is 0 Å². The average Bonchev–Trinajstić information content (AvgIpc) is 3.53. The maximum absolute atomic E-state index is 13.0. The zero-order chi connectivity index (χ0) is 66.1. The molecule has 0 radical (unpaired) electrons. The molecular weight excluding hydrogens is 1130 g/mol. The fourth-order valence-electron chi connectivity index (χ4n) is 12.5. The number of carboxylic acid groups (broad SMARTS) is 1. The van der Waals surface area contributed by atoms with Crippen LogP contribution in [0.1, 0.15) is 425 Å². The smallest absolute Gasteiger partial charge is 0.306 e. The molecule has 0 saturated heterocycles. The van der Waals surface area contributed by atoms with E-state index < -0.39 is 24.3 Å². The third-order valence-corrected chi connectivity index (χ3v) is 18.7. The van der Waals surface area contributed by atoms with Crippen LogP contribution in [0.15, 0.2) is 24.3 Å². The molecule has 0 N–H and O–H groups in total. The second kappa shape index (κ2) is 73.6. The van der Waals surface area contributed by atoms with E-state index in [1.54, 1.807) is 0 Å². The Morgan fingerprint density at radius 2 is 0.560 bits per heavy atom. The monoisotopic (exact) mass is 1280 g/mol. The van der Waals surface area contributed by atoms with Crippen LogP contribution in [0.5, 0.6) is 0 Å². The van der Waals surface area contributed by atoms with Gasteiger partial charge in [0.15, 0.2) is 12.4 Å². The number of quaternary nitrogens is 1. The lowest BCUT2D eigenvalue weighted by atomic mass is 10.0. The van der Waals surface area contributed by atoms with Crippen molar-refractivity contribution in [2.24, 2.45) is 0 Å². The van der Waals surface area contributed by atoms with Crippen molar-refractivity contribution in [3.8, 4) is 0 Å². The van der Waals surface area contributed by atoms with Crippen LogP contribution < -0.4 is 5.11 Å². The minimum atomic E-state index is -1.62. The predicted octanol–water partition coefficient (Wildman–Crippen LogP) is 24.4. The van der Waals surface area contributed by atoms with Gasteiger partial charge in [-0.3, -0.25) is 9.59 Å². The molecule has 0 fully saturated rings. The zero-order valence-electron chi connectivity index (χ0n) is 61.8. The van der Waals surface area contributed by atoms with Crippen LogP contribution in [-0.4, -0.2) is 82.3 Å². The summed E-state index contributed by atoms with van der Waals surface area (Å²) in [5.41, 5.74) is 0. The predicted molar refractivity (Wildman–Crippen MR) is 390 cm³/mol. The first-order valence-electron chi connectivity index (χ1n) is 40.5. The van der Waals surface area contributed by atoms with E-state index >= 15 is 0 Å². The number of unbranched alkanes of at least 4 members (excludes halogenated alkanes) is 58. The van der Waals surface area contributed by atoms with E-state index in [4.69, 9.17) is 18.9 Å². The maximum Gasteiger partial charge on any atom is 0.306 e. The van der Waals surface area contributed by atoms with Gasteiger partial charge < -0.3 is 33.3 Å². The van der Waals surface area contributed by atoms with E-state index in [9.17, 15) is 19.5 Å². The number of ether oxygens (including phenoxy) is 4. The van der Waals surface area contributed by atoms with E-state index in [2.05, 4.69) is 38.2 Å². The number of nitrogens with zero attached hydrogens (tertiary/aromatic N) is 1. The van der Waals surface area contributed by atoms with Crippen molar-refractivity contribution in [2.45, 2.75) is 437 Å². The molecule has 0 aromatic rings. The summed E-state index contributed by atoms with van der Waals surface area (Å²) >= 11 is 0. The Bertz CT molecular complexity index is 1540. The van der Waals surface area contributed by atoms with E-state index in [0.717, 1.165) is 38.5 Å². The van der Waals surface area contributed by atoms with Gasteiger partial charge in [0.2, 0.25) is 0 Å². The van der Waals surface area contributed by atoms with Gasteiger partial charge in [0, 0.05) is 12.8 Å². The molecule has 0 heterocycles. The van der Waals surface area contributed by atoms with Crippen molar-refractivity contribution >= 4 is 17.9 Å². The Hall–Kier alpha value is -2.23. The quantitative estimate of drug-likeness (QED) is 0.0195. The van der Waals surface area contributed by atoms with Gasteiger partial charge in [0.25, 0.3) is 0 Å². The lowest BCUT2D eigenvalue weighted by Gasteiger charge is -2.26. The Labute approximate surface area is 567 Å². The number of esters is 2. The Morgan fingerprint density at radius 1 is 0.319 bits per heavy atom. The van der Waals surface area contributed by atoms with E-state index in [1.807, 2.05) is 21.1 Å². The van der Waals surface area contributed by atoms with Crippen LogP contribution in [-0.2, 0) is 33.3 Å². The average molecular weight is 1290 g/mol. The number of carboxylic acids is 1. The van der Waals surface area contributed by atoms with Gasteiger partial charge in [-0.25, -0.2) is 0 Å². The topological polar surface area (TPSA) is 111 Å². The molecule has 9 heteroatoms. The normalized spacial score (nSPS) is 12.7. The van der Waals surface area contributed by atoms with E-state index in [1.165, 1.54) is 360 Å². The summed E-state index contributed by atoms with van der Waals surface area (Å²) in [5.74, 6) is -2.25. The Kier molecular flexibility index (Phi) is 71.8. The second-order valence-electron chi connectivity index (χ2n) is 29.1. The largest absolute Gasteiger partial charge is 0.545 e. The molecule has 9 nitrogen and oxygen atoms in total. The maximum atomic E-state index is 13.0. The number of rotatable bonds is 77. The molecule has 0 aliphatic heterocycles. The van der Waals surface area contributed by atoms with Crippen LogP contribution in [0.4, 0.5) is 0 Å². The molecule has 0 bridgehead atoms. The SMILES string of the molecule is CCCCCCCCCC/C=C\CCCCCCCCCCCCCCCCCCCCCCCCCCCCCCCC(=O)OC(COC(=O)CCCCCCCCCCCCCCC/C=C\CCCCCCCCCC)COC(OCC[N+](C)(C)C)C(=O)[O-]. The molecule has 538 valence electrons. The highest BCUT2D eigenvalue weighted by atomic mass is 16.7. The standard InChI is InChI=1S/C82H157NO8/c1-6-8-10-12-14-16-18-20-22-24-26-28-30-32-33-34-35-36-37-38-39-40-41-42-43-44-45-46-47-49-51-53-55-57-59-61-63-65-67-69-71-73-80(85)91-78(77-90-82(81(86)87)88-75-74-83(3,4)5)76-89-79(84)72-70-68-66-64-62-60-58-56-54-52-50-48-31-29-27-25-23-21-19-17-15-13-11-9-7-2/h24-27,78,82H,6-23,28-77H2,1-5H3/b26-24-,27-25-. The van der Waals surface area contributed by atoms with Crippen molar-refractivity contribution in [1.29, 1.82) is 0 Å². The molecule has 0 aromatic heterocycles. The van der Waals surface area contributed by atoms with Crippen LogP contribution >= 0.6 is 0 Å². The second-order valence-corrected chi connectivity index (χ2v) is 29.1. The summed E-state index contributed by atoms with van der Waals surface area (Å²) in [6.07, 6.45) is 90.3. The molecule has 0 aliphatic rings. The van der Waals surface area contributed by atoms with Crippen LogP contribution in [0.3, 0.4) is 0 Å². The number of allylic oxidation sites excluding steroid dienone is 4. The Balaban J connectivity index is 3.92. The first-order chi connectivity index (χ1) is 44.6. The van der Waals surface area contributed by atoms with Crippen molar-refractivity contribution in [2.75, 3.05) is 47.5 Å². The Morgan fingerprint density at radius 3 is 0.813 bits per heavy atom. The molecule has 2 atom stereocenters. The van der Waals surface area contributed by atoms with Gasteiger partial charge in [-0.1, -0.05) is 372 Å². The first kappa shape index (κ1) is 88.8. The molecule has 0 saturated carbocycles. The van der Waals surface area contributed by atoms with Gasteiger partial charge in [-0.2, -0.15) is 0 Å². The molecule has 0 spiro atoms. The zero-order valence-corrected chi connectivity index (χ0v) is 61.8. The summed E-state index contributed by atoms with van der Waals surface area (Å²) in [6, 6.07) is 0. The molecule has 91 heavy (non-hydrogen) atoms.